The second-order valence-electron chi connectivity index (χ2n) is 7.63. The molecular formula is C20H20O6. The normalized spacial score (nSPS) is 26.8. The average Bonchev–Trinajstić information content (AvgIpc) is 2.58. The number of methoxy groups -OCH3 is 1. The summed E-state index contributed by atoms with van der Waals surface area (Å²) in [4.78, 5) is 38.6. The standard InChI is InChI=1S/C20H20O6/c1-8(2)12-16(22)14-10(21)7-9-13(15(14)17(23)18(12)25-4)11-5-6-20(9,3)19(24)26-11/h7-8,11,21H,5-6H2,1-4H3. The van der Waals surface area contributed by atoms with E-state index in [9.17, 15) is 19.5 Å². The van der Waals surface area contributed by atoms with Crippen LogP contribution < -0.4 is 0 Å². The Morgan fingerprint density at radius 2 is 1.92 bits per heavy atom. The minimum absolute atomic E-state index is 0.00299. The maximum absolute atomic E-state index is 13.2. The number of fused-ring (bicyclic) bond motifs is 3. The lowest BCUT2D eigenvalue weighted by atomic mass is 9.64. The number of aromatic hydroxyl groups is 1. The number of phenols is 1. The lowest BCUT2D eigenvalue weighted by Gasteiger charge is -2.45. The van der Waals surface area contributed by atoms with Crippen LogP contribution in [-0.2, 0) is 19.7 Å². The molecule has 0 radical (unpaired) electrons. The molecule has 2 unspecified atom stereocenters. The summed E-state index contributed by atoms with van der Waals surface area (Å²) in [6.45, 7) is 5.34. The first-order chi connectivity index (χ1) is 12.2. The van der Waals surface area contributed by atoms with Gasteiger partial charge in [-0.05, 0) is 37.3 Å². The molecule has 2 heterocycles. The van der Waals surface area contributed by atoms with E-state index < -0.39 is 23.1 Å². The van der Waals surface area contributed by atoms with Crippen molar-refractivity contribution in [3.8, 4) is 5.75 Å². The van der Waals surface area contributed by atoms with Crippen molar-refractivity contribution in [1.82, 2.24) is 0 Å². The van der Waals surface area contributed by atoms with Crippen molar-refractivity contribution in [2.75, 3.05) is 7.11 Å². The third-order valence-electron chi connectivity index (χ3n) is 5.80. The Labute approximate surface area is 150 Å². The number of rotatable bonds is 2. The molecule has 0 spiro atoms. The van der Waals surface area contributed by atoms with Gasteiger partial charge in [-0.15, -0.1) is 0 Å². The highest BCUT2D eigenvalue weighted by Gasteiger charge is 2.53. The molecule has 5 rings (SSSR count). The van der Waals surface area contributed by atoms with Crippen molar-refractivity contribution < 1.29 is 29.0 Å². The Morgan fingerprint density at radius 3 is 2.50 bits per heavy atom. The molecule has 0 amide bonds. The summed E-state index contributed by atoms with van der Waals surface area (Å²) in [6.07, 6.45) is 0.578. The highest BCUT2D eigenvalue weighted by molar-refractivity contribution is 6.28. The molecule has 136 valence electrons. The highest BCUT2D eigenvalue weighted by Crippen LogP contribution is 2.54. The zero-order valence-electron chi connectivity index (χ0n) is 15.1. The molecule has 1 aromatic carbocycles. The van der Waals surface area contributed by atoms with Gasteiger partial charge in [-0.1, -0.05) is 13.8 Å². The van der Waals surface area contributed by atoms with Crippen LogP contribution in [0.3, 0.4) is 0 Å². The fraction of sp³-hybridized carbons (Fsp3) is 0.450. The molecule has 0 saturated carbocycles. The summed E-state index contributed by atoms with van der Waals surface area (Å²) in [5.74, 6) is -1.72. The molecule has 4 aliphatic rings. The first kappa shape index (κ1) is 16.8. The van der Waals surface area contributed by atoms with E-state index >= 15 is 0 Å². The number of phenolic OH excluding ortho intramolecular Hbond substituents is 1. The van der Waals surface area contributed by atoms with Crippen LogP contribution in [0.2, 0.25) is 0 Å². The monoisotopic (exact) mass is 356 g/mol. The van der Waals surface area contributed by atoms with Crippen molar-refractivity contribution in [2.45, 2.75) is 45.1 Å². The third-order valence-corrected chi connectivity index (χ3v) is 5.80. The predicted octanol–water partition coefficient (Wildman–Crippen LogP) is 2.98. The first-order valence-corrected chi connectivity index (χ1v) is 8.71. The topological polar surface area (TPSA) is 89.9 Å². The van der Waals surface area contributed by atoms with Gasteiger partial charge in [0.15, 0.2) is 11.5 Å². The van der Waals surface area contributed by atoms with Gasteiger partial charge in [0.2, 0.25) is 5.78 Å². The van der Waals surface area contributed by atoms with Crippen molar-refractivity contribution in [3.05, 3.63) is 39.7 Å². The first-order valence-electron chi connectivity index (χ1n) is 8.71. The summed E-state index contributed by atoms with van der Waals surface area (Å²) < 4.78 is 10.8. The van der Waals surface area contributed by atoms with E-state index in [0.717, 1.165) is 0 Å². The van der Waals surface area contributed by atoms with Crippen molar-refractivity contribution in [1.29, 1.82) is 0 Å². The van der Waals surface area contributed by atoms with Crippen molar-refractivity contribution in [2.24, 2.45) is 5.92 Å². The highest BCUT2D eigenvalue weighted by atomic mass is 16.5. The molecule has 1 saturated heterocycles. The van der Waals surface area contributed by atoms with E-state index in [-0.39, 0.29) is 40.1 Å². The maximum Gasteiger partial charge on any atom is 0.316 e. The van der Waals surface area contributed by atoms with Gasteiger partial charge < -0.3 is 14.6 Å². The van der Waals surface area contributed by atoms with Gasteiger partial charge in [0, 0.05) is 16.7 Å². The van der Waals surface area contributed by atoms with Gasteiger partial charge in [0.1, 0.15) is 11.9 Å². The number of esters is 1. The molecule has 2 aliphatic heterocycles. The molecule has 1 N–H and O–H groups in total. The average molecular weight is 356 g/mol. The zero-order chi connectivity index (χ0) is 19.0. The number of Topliss-reactive ketones (excluding diaryl/α,β-unsaturated/α-hetero) is 2. The smallest absolute Gasteiger partial charge is 0.316 e. The van der Waals surface area contributed by atoms with E-state index in [2.05, 4.69) is 0 Å². The molecule has 2 bridgehead atoms. The molecule has 1 aromatic rings. The fourth-order valence-corrected chi connectivity index (χ4v) is 4.43. The minimum atomic E-state index is -0.921. The largest absolute Gasteiger partial charge is 0.507 e. The van der Waals surface area contributed by atoms with E-state index in [1.54, 1.807) is 20.8 Å². The van der Waals surface area contributed by atoms with Gasteiger partial charge in [-0.2, -0.15) is 0 Å². The molecule has 2 atom stereocenters. The van der Waals surface area contributed by atoms with Crippen molar-refractivity contribution in [3.63, 3.8) is 0 Å². The summed E-state index contributed by atoms with van der Waals surface area (Å²) in [5, 5.41) is 10.6. The number of allylic oxidation sites excluding steroid dienone is 2. The van der Waals surface area contributed by atoms with E-state index in [4.69, 9.17) is 9.47 Å². The maximum atomic E-state index is 13.2. The second kappa shape index (κ2) is 5.19. The summed E-state index contributed by atoms with van der Waals surface area (Å²) >= 11 is 0. The molecule has 6 heteroatoms. The van der Waals surface area contributed by atoms with Crippen LogP contribution in [0, 0.1) is 5.92 Å². The molecule has 2 aliphatic carbocycles. The van der Waals surface area contributed by atoms with Gasteiger partial charge >= 0.3 is 5.97 Å². The van der Waals surface area contributed by atoms with E-state index in [0.29, 0.717) is 24.0 Å². The molecule has 26 heavy (non-hydrogen) atoms. The van der Waals surface area contributed by atoms with Crippen LogP contribution in [0.5, 0.6) is 5.75 Å². The predicted molar refractivity (Wildman–Crippen MR) is 91.1 cm³/mol. The van der Waals surface area contributed by atoms with Gasteiger partial charge in [-0.3, -0.25) is 14.4 Å². The molecule has 1 fully saturated rings. The van der Waals surface area contributed by atoms with Crippen LogP contribution in [0.1, 0.15) is 71.6 Å². The van der Waals surface area contributed by atoms with E-state index in [1.165, 1.54) is 13.2 Å². The van der Waals surface area contributed by atoms with Gasteiger partial charge in [0.25, 0.3) is 0 Å². The number of carbonyl (C=O) groups excluding carboxylic acids is 3. The van der Waals surface area contributed by atoms with Crippen LogP contribution in [-0.4, -0.2) is 29.8 Å². The van der Waals surface area contributed by atoms with Crippen molar-refractivity contribution >= 4 is 17.5 Å². The number of ketones is 2. The van der Waals surface area contributed by atoms with Gasteiger partial charge in [0.05, 0.1) is 18.1 Å². The lowest BCUT2D eigenvalue weighted by Crippen LogP contribution is -2.47. The fourth-order valence-electron chi connectivity index (χ4n) is 4.43. The summed E-state index contributed by atoms with van der Waals surface area (Å²) in [5.41, 5.74) is 0.562. The second-order valence-corrected chi connectivity index (χ2v) is 7.63. The number of hydrogen-bond donors (Lipinski definition) is 1. The van der Waals surface area contributed by atoms with Crippen LogP contribution in [0.4, 0.5) is 0 Å². The van der Waals surface area contributed by atoms with Crippen LogP contribution in [0.25, 0.3) is 0 Å². The number of hydrogen-bond acceptors (Lipinski definition) is 6. The lowest BCUT2D eigenvalue weighted by molar-refractivity contribution is -0.166. The Hall–Kier alpha value is -2.63. The van der Waals surface area contributed by atoms with Crippen LogP contribution >= 0.6 is 0 Å². The number of benzene rings is 1. The Bertz CT molecular complexity index is 923. The Kier molecular flexibility index (Phi) is 3.36. The Morgan fingerprint density at radius 1 is 1.23 bits per heavy atom. The summed E-state index contributed by atoms with van der Waals surface area (Å²) in [7, 11) is 1.36. The third kappa shape index (κ3) is 1.84. The van der Waals surface area contributed by atoms with Crippen LogP contribution in [0.15, 0.2) is 17.4 Å². The molecule has 0 aromatic heterocycles. The van der Waals surface area contributed by atoms with Gasteiger partial charge in [-0.25, -0.2) is 0 Å². The Balaban J connectivity index is 2.07. The minimum Gasteiger partial charge on any atom is -0.507 e. The molecule has 6 nitrogen and oxygen atoms in total. The molecular weight excluding hydrogens is 336 g/mol. The quantitative estimate of drug-likeness (QED) is 0.820. The van der Waals surface area contributed by atoms with E-state index in [1.807, 2.05) is 0 Å². The summed E-state index contributed by atoms with van der Waals surface area (Å²) in [6, 6.07) is 1.46. The number of carbonyl (C=O) groups is 3. The SMILES string of the molecule is COC1=C(C(C)C)C(=O)c2c(O)cc3c(c2C1=O)C1CCC3(C)C(=O)O1. The zero-order valence-corrected chi connectivity index (χ0v) is 15.1. The number of ether oxygens (including phenoxy) is 2.